The minimum atomic E-state index is -0.00234. The molecule has 200 valence electrons. The highest BCUT2D eigenvalue weighted by atomic mass is 32.2. The first-order valence-electron chi connectivity index (χ1n) is 12.2. The monoisotopic (exact) mass is 550 g/mol. The molecule has 0 radical (unpaired) electrons. The summed E-state index contributed by atoms with van der Waals surface area (Å²) in [6.07, 6.45) is 4.90. The van der Waals surface area contributed by atoms with Crippen molar-refractivity contribution in [1.82, 2.24) is 19.8 Å². The zero-order valence-corrected chi connectivity index (χ0v) is 23.1. The smallest absolute Gasteiger partial charge is 0.212 e. The van der Waals surface area contributed by atoms with Gasteiger partial charge in [-0.3, -0.25) is 9.98 Å². The molecule has 1 atom stereocenters. The van der Waals surface area contributed by atoms with Gasteiger partial charge in [0.2, 0.25) is 11.1 Å². The second-order valence-corrected chi connectivity index (χ2v) is 10.5. The van der Waals surface area contributed by atoms with E-state index in [4.69, 9.17) is 17.2 Å². The lowest BCUT2D eigenvalue weighted by Crippen LogP contribution is -2.39. The molecule has 38 heavy (non-hydrogen) atoms. The van der Waals surface area contributed by atoms with Crippen molar-refractivity contribution in [3.05, 3.63) is 77.1 Å². The van der Waals surface area contributed by atoms with Crippen LogP contribution in [0, 0.1) is 11.5 Å². The van der Waals surface area contributed by atoms with E-state index in [9.17, 15) is 5.26 Å². The van der Waals surface area contributed by atoms with Crippen LogP contribution in [0.25, 0.3) is 0 Å². The standard InChI is InChI=1S/C26H34N10S2/c1-35(13-10-22(20-7-3-2-4-8-20)23-9-5-6-11-31-23)14-15-36(19-27)25(30)32-12-16-37-17-21-18-38-26(33-21)34-24(28)29/h2-9,11,18,22H,10,12-17H2,1H3,(H2,30,32)(H4,28,29,33,34). The number of nitriles is 1. The molecule has 0 saturated heterocycles. The Hall–Kier alpha value is -3.66. The number of hydrogen-bond donors (Lipinski definition) is 3. The number of nitrogens with zero attached hydrogens (tertiary/aromatic N) is 7. The molecule has 2 heterocycles. The summed E-state index contributed by atoms with van der Waals surface area (Å²) < 4.78 is 0. The van der Waals surface area contributed by atoms with Gasteiger partial charge in [-0.2, -0.15) is 22.0 Å². The number of thioether (sulfide) groups is 1. The Kier molecular flexibility index (Phi) is 11.8. The third-order valence-corrected chi connectivity index (χ3v) is 7.43. The van der Waals surface area contributed by atoms with E-state index >= 15 is 0 Å². The lowest BCUT2D eigenvalue weighted by atomic mass is 9.92. The Morgan fingerprint density at radius 1 is 1.11 bits per heavy atom. The number of benzene rings is 1. The molecule has 1 unspecified atom stereocenters. The molecule has 0 bridgehead atoms. The van der Waals surface area contributed by atoms with E-state index in [0.29, 0.717) is 24.8 Å². The Labute approximate surface area is 232 Å². The summed E-state index contributed by atoms with van der Waals surface area (Å²) in [6, 6.07) is 16.5. The van der Waals surface area contributed by atoms with Crippen LogP contribution in [-0.4, -0.2) is 70.7 Å². The van der Waals surface area contributed by atoms with Gasteiger partial charge in [0.25, 0.3) is 0 Å². The second-order valence-electron chi connectivity index (χ2n) is 8.51. The summed E-state index contributed by atoms with van der Waals surface area (Å²) >= 11 is 3.07. The molecule has 0 aliphatic carbocycles. The molecule has 6 N–H and O–H groups in total. The number of nitrogens with two attached hydrogens (primary N) is 3. The van der Waals surface area contributed by atoms with Crippen molar-refractivity contribution in [3.8, 4) is 6.19 Å². The Morgan fingerprint density at radius 2 is 1.89 bits per heavy atom. The van der Waals surface area contributed by atoms with E-state index in [1.54, 1.807) is 11.8 Å². The van der Waals surface area contributed by atoms with Gasteiger partial charge in [-0.25, -0.2) is 9.88 Å². The largest absolute Gasteiger partial charge is 0.370 e. The minimum Gasteiger partial charge on any atom is -0.370 e. The maximum atomic E-state index is 9.59. The quantitative estimate of drug-likeness (QED) is 0.0901. The van der Waals surface area contributed by atoms with Crippen LogP contribution in [0.15, 0.2) is 70.1 Å². The van der Waals surface area contributed by atoms with E-state index in [-0.39, 0.29) is 17.8 Å². The van der Waals surface area contributed by atoms with Crippen molar-refractivity contribution in [2.24, 2.45) is 27.2 Å². The number of thiazole rings is 1. The van der Waals surface area contributed by atoms with Gasteiger partial charge in [-0.1, -0.05) is 36.4 Å². The highest BCUT2D eigenvalue weighted by Crippen LogP contribution is 2.26. The van der Waals surface area contributed by atoms with Crippen molar-refractivity contribution in [3.63, 3.8) is 0 Å². The SMILES string of the molecule is CN(CCC(c1ccccc1)c1ccccn1)CCN(C#N)C(N)=NCCSCc1csc(N=C(N)N)n1. The average molecular weight is 551 g/mol. The topological polar surface area (TPSA) is 159 Å². The van der Waals surface area contributed by atoms with Gasteiger partial charge in [0.05, 0.1) is 12.2 Å². The first kappa shape index (κ1) is 28.9. The number of pyridine rings is 1. The first-order chi connectivity index (χ1) is 18.5. The number of likely N-dealkylation sites (N-methyl/N-ethyl adjacent to an activating group) is 1. The third-order valence-electron chi connectivity index (χ3n) is 5.67. The highest BCUT2D eigenvalue weighted by Gasteiger charge is 2.16. The van der Waals surface area contributed by atoms with E-state index in [0.717, 1.165) is 35.9 Å². The summed E-state index contributed by atoms with van der Waals surface area (Å²) in [5, 5.41) is 12.1. The van der Waals surface area contributed by atoms with Crippen LogP contribution in [0.1, 0.15) is 29.3 Å². The van der Waals surface area contributed by atoms with E-state index in [2.05, 4.69) is 68.4 Å². The fourth-order valence-corrected chi connectivity index (χ4v) is 5.24. The molecule has 10 nitrogen and oxygen atoms in total. The fraction of sp³-hybridized carbons (Fsp3) is 0.346. The number of aliphatic imine (C=N–C) groups is 2. The maximum absolute atomic E-state index is 9.59. The van der Waals surface area contributed by atoms with Crippen LogP contribution < -0.4 is 17.2 Å². The van der Waals surface area contributed by atoms with Gasteiger partial charge in [-0.05, 0) is 37.7 Å². The molecule has 0 amide bonds. The van der Waals surface area contributed by atoms with Gasteiger partial charge in [0, 0.05) is 47.8 Å². The summed E-state index contributed by atoms with van der Waals surface area (Å²) in [6.45, 7) is 2.52. The molecule has 12 heteroatoms. The molecule has 3 aromatic rings. The van der Waals surface area contributed by atoms with Crippen molar-refractivity contribution in [1.29, 1.82) is 5.26 Å². The molecule has 0 saturated carbocycles. The molecule has 3 rings (SSSR count). The van der Waals surface area contributed by atoms with Crippen molar-refractivity contribution in [2.75, 3.05) is 39.0 Å². The van der Waals surface area contributed by atoms with E-state index in [1.165, 1.54) is 21.8 Å². The molecule has 0 aliphatic rings. The number of hydrogen-bond acceptors (Lipinski definition) is 8. The summed E-state index contributed by atoms with van der Waals surface area (Å²) in [7, 11) is 2.05. The Bertz CT molecular complexity index is 1160. The molecular weight excluding hydrogens is 516 g/mol. The van der Waals surface area contributed by atoms with Gasteiger partial charge < -0.3 is 22.1 Å². The predicted octanol–water partition coefficient (Wildman–Crippen LogP) is 2.93. The van der Waals surface area contributed by atoms with Gasteiger partial charge >= 0.3 is 0 Å². The fourth-order valence-electron chi connectivity index (χ4n) is 3.71. The van der Waals surface area contributed by atoms with Gasteiger partial charge in [0.15, 0.2) is 12.2 Å². The number of rotatable bonds is 14. The number of aromatic nitrogens is 2. The van der Waals surface area contributed by atoms with Gasteiger partial charge in [0.1, 0.15) is 0 Å². The maximum Gasteiger partial charge on any atom is 0.212 e. The van der Waals surface area contributed by atoms with Crippen LogP contribution in [-0.2, 0) is 5.75 Å². The molecule has 0 aliphatic heterocycles. The first-order valence-corrected chi connectivity index (χ1v) is 14.2. The van der Waals surface area contributed by atoms with Crippen LogP contribution >= 0.6 is 23.1 Å². The van der Waals surface area contributed by atoms with Crippen molar-refractivity contribution < 1.29 is 0 Å². The van der Waals surface area contributed by atoms with E-state index < -0.39 is 0 Å². The predicted molar refractivity (Wildman–Crippen MR) is 157 cm³/mol. The summed E-state index contributed by atoms with van der Waals surface area (Å²) in [5.41, 5.74) is 20.1. The lowest BCUT2D eigenvalue weighted by molar-refractivity contribution is 0.305. The molecule has 1 aromatic carbocycles. The highest BCUT2D eigenvalue weighted by molar-refractivity contribution is 7.98. The van der Waals surface area contributed by atoms with Crippen LogP contribution in [0.3, 0.4) is 0 Å². The normalized spacial score (nSPS) is 12.2. The Balaban J connectivity index is 1.42. The third kappa shape index (κ3) is 9.66. The zero-order chi connectivity index (χ0) is 27.2. The van der Waals surface area contributed by atoms with Crippen LogP contribution in [0.4, 0.5) is 5.13 Å². The van der Waals surface area contributed by atoms with Crippen LogP contribution in [0.2, 0.25) is 0 Å². The summed E-state index contributed by atoms with van der Waals surface area (Å²) in [4.78, 5) is 20.9. The van der Waals surface area contributed by atoms with E-state index in [1.807, 2.05) is 29.8 Å². The van der Waals surface area contributed by atoms with Crippen molar-refractivity contribution >= 4 is 40.1 Å². The van der Waals surface area contributed by atoms with Gasteiger partial charge in [-0.15, -0.1) is 11.3 Å². The Morgan fingerprint density at radius 3 is 2.61 bits per heavy atom. The van der Waals surface area contributed by atoms with Crippen molar-refractivity contribution in [2.45, 2.75) is 18.1 Å². The molecule has 2 aromatic heterocycles. The molecular formula is C26H34N10S2. The average Bonchev–Trinajstić information content (AvgIpc) is 3.36. The zero-order valence-electron chi connectivity index (χ0n) is 21.5. The lowest BCUT2D eigenvalue weighted by Gasteiger charge is -2.23. The second kappa shape index (κ2) is 15.6. The number of guanidine groups is 2. The minimum absolute atomic E-state index is 0.00234. The van der Waals surface area contributed by atoms with Crippen LogP contribution in [0.5, 0.6) is 0 Å². The molecule has 0 spiro atoms. The summed E-state index contributed by atoms with van der Waals surface area (Å²) in [5.74, 6) is 1.92. The molecule has 0 fully saturated rings.